The summed E-state index contributed by atoms with van der Waals surface area (Å²) >= 11 is 0. The Morgan fingerprint density at radius 1 is 0.862 bits per heavy atom. The van der Waals surface area contributed by atoms with Crippen molar-refractivity contribution in [1.82, 2.24) is 10.3 Å². The van der Waals surface area contributed by atoms with E-state index < -0.39 is 11.7 Å². The Morgan fingerprint density at radius 3 is 2.10 bits per heavy atom. The third kappa shape index (κ3) is 4.95. The molecule has 1 heterocycles. The van der Waals surface area contributed by atoms with Gasteiger partial charge in [-0.05, 0) is 43.7 Å². The van der Waals surface area contributed by atoms with Gasteiger partial charge in [-0.2, -0.15) is 13.2 Å². The van der Waals surface area contributed by atoms with Crippen molar-refractivity contribution in [2.45, 2.75) is 32.1 Å². The Morgan fingerprint density at radius 2 is 1.52 bits per heavy atom. The van der Waals surface area contributed by atoms with E-state index in [0.29, 0.717) is 17.0 Å². The summed E-state index contributed by atoms with van der Waals surface area (Å²) in [5, 5.41) is 3.51. The molecular formula is C23H23F3N2O. The highest BCUT2D eigenvalue weighted by atomic mass is 19.4. The van der Waals surface area contributed by atoms with Gasteiger partial charge in [-0.15, -0.1) is 0 Å². The molecule has 3 aromatic rings. The number of aromatic nitrogens is 1. The maximum atomic E-state index is 12.9. The molecule has 1 aromatic heterocycles. The molecule has 0 aliphatic carbocycles. The maximum absolute atomic E-state index is 12.9. The van der Waals surface area contributed by atoms with Crippen molar-refractivity contribution in [2.24, 2.45) is 0 Å². The summed E-state index contributed by atoms with van der Waals surface area (Å²) in [6, 6.07) is 18.7. The summed E-state index contributed by atoms with van der Waals surface area (Å²) in [6.07, 6.45) is -4.37. The molecule has 0 radical (unpaired) electrons. The normalized spacial score (nSPS) is 13.7. The van der Waals surface area contributed by atoms with Crippen molar-refractivity contribution >= 4 is 0 Å². The van der Waals surface area contributed by atoms with Gasteiger partial charge >= 0.3 is 6.18 Å². The van der Waals surface area contributed by atoms with Gasteiger partial charge in [0.05, 0.1) is 18.4 Å². The Labute approximate surface area is 168 Å². The molecule has 29 heavy (non-hydrogen) atoms. The highest BCUT2D eigenvalue weighted by Crippen LogP contribution is 2.34. The van der Waals surface area contributed by atoms with Crippen LogP contribution in [-0.2, 0) is 6.18 Å². The van der Waals surface area contributed by atoms with Crippen LogP contribution in [-0.4, -0.2) is 12.1 Å². The van der Waals surface area contributed by atoms with Gasteiger partial charge < -0.3 is 10.1 Å². The molecule has 0 amide bonds. The van der Waals surface area contributed by atoms with Crippen LogP contribution in [0.4, 0.5) is 13.2 Å². The predicted octanol–water partition coefficient (Wildman–Crippen LogP) is 6.19. The highest BCUT2D eigenvalue weighted by Gasteiger charge is 2.30. The van der Waals surface area contributed by atoms with Gasteiger partial charge in [0.15, 0.2) is 0 Å². The van der Waals surface area contributed by atoms with Crippen molar-refractivity contribution < 1.29 is 17.9 Å². The molecule has 2 aromatic carbocycles. The molecule has 3 rings (SSSR count). The number of alkyl halides is 3. The fourth-order valence-corrected chi connectivity index (χ4v) is 3.19. The molecule has 3 nitrogen and oxygen atoms in total. The Kier molecular flexibility index (Phi) is 6.23. The fraction of sp³-hybridized carbons (Fsp3) is 0.261. The summed E-state index contributed by atoms with van der Waals surface area (Å²) < 4.78 is 43.9. The zero-order valence-corrected chi connectivity index (χ0v) is 16.5. The van der Waals surface area contributed by atoms with Gasteiger partial charge in [-0.3, -0.25) is 0 Å². The zero-order chi connectivity index (χ0) is 21.0. The minimum absolute atomic E-state index is 0.0655. The molecule has 0 spiro atoms. The molecule has 6 heteroatoms. The Hall–Kier alpha value is -2.86. The first-order chi connectivity index (χ1) is 13.8. The average Bonchev–Trinajstić information content (AvgIpc) is 2.73. The van der Waals surface area contributed by atoms with E-state index in [1.807, 2.05) is 31.2 Å². The van der Waals surface area contributed by atoms with Crippen LogP contribution in [0.25, 0.3) is 11.3 Å². The summed E-state index contributed by atoms with van der Waals surface area (Å²) in [7, 11) is 1.52. The second-order valence-corrected chi connectivity index (χ2v) is 6.88. The number of nitrogens with zero attached hydrogens (tertiary/aromatic N) is 1. The van der Waals surface area contributed by atoms with E-state index >= 15 is 0 Å². The molecule has 0 bridgehead atoms. The topological polar surface area (TPSA) is 34.1 Å². The molecular weight excluding hydrogens is 377 g/mol. The zero-order valence-electron chi connectivity index (χ0n) is 16.5. The molecule has 0 saturated heterocycles. The molecule has 0 aliphatic rings. The standard InChI is InChI=1S/C23H23F3N2O/c1-15(17-7-5-4-6-8-17)27-16(2)20-13-14-21(29-3)22(28-20)18-9-11-19(12-10-18)23(24,25)26/h4-16,27H,1-3H3/t15-,16?/m1/s1. The first-order valence-electron chi connectivity index (χ1n) is 9.33. The van der Waals surface area contributed by atoms with E-state index in [1.54, 1.807) is 6.07 Å². The number of rotatable bonds is 6. The lowest BCUT2D eigenvalue weighted by atomic mass is 10.0. The first kappa shape index (κ1) is 20.9. The number of benzene rings is 2. The Bertz CT molecular complexity index is 941. The van der Waals surface area contributed by atoms with Gasteiger partial charge in [0.1, 0.15) is 11.4 Å². The molecule has 0 saturated carbocycles. The van der Waals surface area contributed by atoms with Crippen molar-refractivity contribution in [3.63, 3.8) is 0 Å². The van der Waals surface area contributed by atoms with Crippen molar-refractivity contribution in [1.29, 1.82) is 0 Å². The summed E-state index contributed by atoms with van der Waals surface area (Å²) in [5.74, 6) is 0.511. The van der Waals surface area contributed by atoms with Gasteiger partial charge in [-0.25, -0.2) is 4.98 Å². The quantitative estimate of drug-likeness (QED) is 0.536. The lowest BCUT2D eigenvalue weighted by Crippen LogP contribution is -2.23. The van der Waals surface area contributed by atoms with Crippen LogP contribution >= 0.6 is 0 Å². The third-order valence-corrected chi connectivity index (χ3v) is 4.83. The van der Waals surface area contributed by atoms with Crippen molar-refractivity contribution in [3.8, 4) is 17.0 Å². The molecule has 152 valence electrons. The first-order valence-corrected chi connectivity index (χ1v) is 9.33. The number of ether oxygens (including phenoxy) is 1. The smallest absolute Gasteiger partial charge is 0.416 e. The van der Waals surface area contributed by atoms with E-state index in [9.17, 15) is 13.2 Å². The SMILES string of the molecule is COc1ccc(C(C)N[C@H](C)c2ccccc2)nc1-c1ccc(C(F)(F)F)cc1. The second-order valence-electron chi connectivity index (χ2n) is 6.88. The molecule has 0 fully saturated rings. The summed E-state index contributed by atoms with van der Waals surface area (Å²) in [6.45, 7) is 4.08. The molecule has 0 aliphatic heterocycles. The van der Waals surface area contributed by atoms with Crippen LogP contribution in [0.2, 0.25) is 0 Å². The molecule has 1 unspecified atom stereocenters. The third-order valence-electron chi connectivity index (χ3n) is 4.83. The average molecular weight is 400 g/mol. The number of nitrogens with one attached hydrogen (secondary N) is 1. The lowest BCUT2D eigenvalue weighted by molar-refractivity contribution is -0.137. The van der Waals surface area contributed by atoms with E-state index in [2.05, 4.69) is 29.4 Å². The number of hydrogen-bond acceptors (Lipinski definition) is 3. The predicted molar refractivity (Wildman–Crippen MR) is 108 cm³/mol. The van der Waals surface area contributed by atoms with Crippen molar-refractivity contribution in [3.05, 3.63) is 83.6 Å². The number of halogens is 3. The number of hydrogen-bond donors (Lipinski definition) is 1. The van der Waals surface area contributed by atoms with Gasteiger partial charge in [-0.1, -0.05) is 42.5 Å². The van der Waals surface area contributed by atoms with Gasteiger partial charge in [0.25, 0.3) is 0 Å². The van der Waals surface area contributed by atoms with Crippen LogP contribution in [0.3, 0.4) is 0 Å². The lowest BCUT2D eigenvalue weighted by Gasteiger charge is -2.21. The monoisotopic (exact) mass is 400 g/mol. The fourth-order valence-electron chi connectivity index (χ4n) is 3.19. The van der Waals surface area contributed by atoms with Crippen LogP contribution in [0, 0.1) is 0 Å². The van der Waals surface area contributed by atoms with Crippen molar-refractivity contribution in [2.75, 3.05) is 7.11 Å². The molecule has 1 N–H and O–H groups in total. The molecule has 2 atom stereocenters. The highest BCUT2D eigenvalue weighted by molar-refractivity contribution is 5.66. The summed E-state index contributed by atoms with van der Waals surface area (Å²) in [5.41, 5.74) is 2.34. The summed E-state index contributed by atoms with van der Waals surface area (Å²) in [4.78, 5) is 4.68. The number of pyridine rings is 1. The number of methoxy groups -OCH3 is 1. The second kappa shape index (κ2) is 8.66. The van der Waals surface area contributed by atoms with E-state index in [4.69, 9.17) is 4.74 Å². The van der Waals surface area contributed by atoms with Crippen LogP contribution in [0.5, 0.6) is 5.75 Å². The van der Waals surface area contributed by atoms with Crippen LogP contribution < -0.4 is 10.1 Å². The largest absolute Gasteiger partial charge is 0.494 e. The van der Waals surface area contributed by atoms with Gasteiger partial charge in [0.2, 0.25) is 0 Å². The maximum Gasteiger partial charge on any atom is 0.416 e. The van der Waals surface area contributed by atoms with Crippen LogP contribution in [0.15, 0.2) is 66.7 Å². The van der Waals surface area contributed by atoms with Crippen LogP contribution in [0.1, 0.15) is 42.8 Å². The minimum Gasteiger partial charge on any atom is -0.494 e. The van der Waals surface area contributed by atoms with Gasteiger partial charge in [0, 0.05) is 17.6 Å². The van der Waals surface area contributed by atoms with E-state index in [-0.39, 0.29) is 12.1 Å². The van der Waals surface area contributed by atoms with E-state index in [0.717, 1.165) is 23.4 Å². The van der Waals surface area contributed by atoms with E-state index in [1.165, 1.54) is 19.2 Å². The Balaban J connectivity index is 1.86. The minimum atomic E-state index is -4.37.